The van der Waals surface area contributed by atoms with Crippen LogP contribution in [-0.4, -0.2) is 31.9 Å². The molecule has 0 saturated heterocycles. The summed E-state index contributed by atoms with van der Waals surface area (Å²) in [6.07, 6.45) is 1.76. The van der Waals surface area contributed by atoms with Gasteiger partial charge in [0.2, 0.25) is 0 Å². The standard InChI is InChI=1S/C13H22N2O2/c1-11(2)9-16-7-8-17-10-12-5-4-6-15-13(12)14-3/h4-6,11H,7-10H2,1-3H3,(H,14,15). The Kier molecular flexibility index (Phi) is 6.58. The minimum Gasteiger partial charge on any atom is -0.379 e. The van der Waals surface area contributed by atoms with E-state index in [9.17, 15) is 0 Å². The van der Waals surface area contributed by atoms with Gasteiger partial charge in [0.1, 0.15) is 5.82 Å². The van der Waals surface area contributed by atoms with Crippen LogP contribution in [0.4, 0.5) is 5.82 Å². The van der Waals surface area contributed by atoms with E-state index in [1.54, 1.807) is 6.20 Å². The quantitative estimate of drug-likeness (QED) is 0.706. The molecule has 0 fully saturated rings. The summed E-state index contributed by atoms with van der Waals surface area (Å²) in [6, 6.07) is 3.92. The Morgan fingerprint density at radius 3 is 2.76 bits per heavy atom. The molecule has 4 heteroatoms. The lowest BCUT2D eigenvalue weighted by Crippen LogP contribution is -2.09. The zero-order chi connectivity index (χ0) is 12.5. The Morgan fingerprint density at radius 2 is 2.06 bits per heavy atom. The highest BCUT2D eigenvalue weighted by Crippen LogP contribution is 2.11. The maximum atomic E-state index is 5.54. The fourth-order valence-corrected chi connectivity index (χ4v) is 1.40. The summed E-state index contributed by atoms with van der Waals surface area (Å²) in [4.78, 5) is 4.21. The Morgan fingerprint density at radius 1 is 1.29 bits per heavy atom. The first kappa shape index (κ1) is 13.9. The molecule has 1 N–H and O–H groups in total. The van der Waals surface area contributed by atoms with Crippen LogP contribution < -0.4 is 5.32 Å². The molecule has 1 rings (SSSR count). The van der Waals surface area contributed by atoms with Gasteiger partial charge in [0, 0.05) is 25.4 Å². The first-order valence-corrected chi connectivity index (χ1v) is 6.01. The van der Waals surface area contributed by atoms with Crippen LogP contribution >= 0.6 is 0 Å². The molecule has 0 aromatic carbocycles. The third-order valence-corrected chi connectivity index (χ3v) is 2.21. The largest absolute Gasteiger partial charge is 0.379 e. The molecule has 1 aromatic rings. The molecule has 0 spiro atoms. The molecule has 0 saturated carbocycles. The van der Waals surface area contributed by atoms with E-state index in [4.69, 9.17) is 9.47 Å². The number of hydrogen-bond acceptors (Lipinski definition) is 4. The van der Waals surface area contributed by atoms with Crippen LogP contribution in [0.5, 0.6) is 0 Å². The summed E-state index contributed by atoms with van der Waals surface area (Å²) < 4.78 is 11.0. The van der Waals surface area contributed by atoms with E-state index < -0.39 is 0 Å². The molecule has 0 bridgehead atoms. The summed E-state index contributed by atoms with van der Waals surface area (Å²) in [7, 11) is 1.86. The zero-order valence-corrected chi connectivity index (χ0v) is 10.9. The van der Waals surface area contributed by atoms with Crippen molar-refractivity contribution in [3.05, 3.63) is 23.9 Å². The van der Waals surface area contributed by atoms with Gasteiger partial charge < -0.3 is 14.8 Å². The number of nitrogens with zero attached hydrogens (tertiary/aromatic N) is 1. The second-order valence-electron chi connectivity index (χ2n) is 4.28. The monoisotopic (exact) mass is 238 g/mol. The van der Waals surface area contributed by atoms with Crippen LogP contribution in [0.2, 0.25) is 0 Å². The van der Waals surface area contributed by atoms with Crippen molar-refractivity contribution in [2.24, 2.45) is 5.92 Å². The second-order valence-corrected chi connectivity index (χ2v) is 4.28. The predicted molar refractivity (Wildman–Crippen MR) is 69.1 cm³/mol. The molecular formula is C13H22N2O2. The van der Waals surface area contributed by atoms with Crippen molar-refractivity contribution in [1.29, 1.82) is 0 Å². The Labute approximate surface area is 103 Å². The van der Waals surface area contributed by atoms with E-state index in [-0.39, 0.29) is 0 Å². The normalized spacial score (nSPS) is 10.8. The lowest BCUT2D eigenvalue weighted by molar-refractivity contribution is 0.0315. The van der Waals surface area contributed by atoms with Gasteiger partial charge in [-0.15, -0.1) is 0 Å². The average Bonchev–Trinajstić information content (AvgIpc) is 2.33. The number of rotatable bonds is 8. The van der Waals surface area contributed by atoms with Gasteiger partial charge in [-0.05, 0) is 12.0 Å². The van der Waals surface area contributed by atoms with E-state index in [0.29, 0.717) is 25.7 Å². The Hall–Kier alpha value is -1.13. The van der Waals surface area contributed by atoms with E-state index in [0.717, 1.165) is 18.0 Å². The lowest BCUT2D eigenvalue weighted by atomic mass is 10.2. The fraction of sp³-hybridized carbons (Fsp3) is 0.615. The zero-order valence-electron chi connectivity index (χ0n) is 10.9. The predicted octanol–water partition coefficient (Wildman–Crippen LogP) is 2.31. The van der Waals surface area contributed by atoms with Gasteiger partial charge in [0.25, 0.3) is 0 Å². The highest BCUT2D eigenvalue weighted by molar-refractivity contribution is 5.42. The van der Waals surface area contributed by atoms with Crippen LogP contribution in [-0.2, 0) is 16.1 Å². The van der Waals surface area contributed by atoms with E-state index in [1.807, 2.05) is 19.2 Å². The fourth-order valence-electron chi connectivity index (χ4n) is 1.40. The van der Waals surface area contributed by atoms with E-state index in [2.05, 4.69) is 24.1 Å². The molecule has 0 radical (unpaired) electrons. The van der Waals surface area contributed by atoms with E-state index in [1.165, 1.54) is 0 Å². The van der Waals surface area contributed by atoms with Gasteiger partial charge in [-0.1, -0.05) is 19.9 Å². The molecule has 0 atom stereocenters. The molecular weight excluding hydrogens is 216 g/mol. The van der Waals surface area contributed by atoms with Crippen LogP contribution in [0.1, 0.15) is 19.4 Å². The van der Waals surface area contributed by atoms with Gasteiger partial charge in [-0.2, -0.15) is 0 Å². The summed E-state index contributed by atoms with van der Waals surface area (Å²) in [5.41, 5.74) is 1.07. The number of ether oxygens (including phenoxy) is 2. The summed E-state index contributed by atoms with van der Waals surface area (Å²) in [6.45, 7) is 6.89. The maximum Gasteiger partial charge on any atom is 0.131 e. The topological polar surface area (TPSA) is 43.4 Å². The van der Waals surface area contributed by atoms with E-state index >= 15 is 0 Å². The molecule has 0 aliphatic carbocycles. The summed E-state index contributed by atoms with van der Waals surface area (Å²) in [5, 5.41) is 3.04. The number of hydrogen-bond donors (Lipinski definition) is 1. The molecule has 1 aromatic heterocycles. The van der Waals surface area contributed by atoms with Gasteiger partial charge in [0.15, 0.2) is 0 Å². The first-order valence-electron chi connectivity index (χ1n) is 6.01. The Balaban J connectivity index is 2.17. The third-order valence-electron chi connectivity index (χ3n) is 2.21. The SMILES string of the molecule is CNc1ncccc1COCCOCC(C)C. The van der Waals surface area contributed by atoms with Crippen molar-refractivity contribution in [2.45, 2.75) is 20.5 Å². The van der Waals surface area contributed by atoms with Gasteiger partial charge in [-0.3, -0.25) is 0 Å². The minimum atomic E-state index is 0.565. The molecule has 17 heavy (non-hydrogen) atoms. The van der Waals surface area contributed by atoms with Crippen molar-refractivity contribution in [2.75, 3.05) is 32.2 Å². The van der Waals surface area contributed by atoms with Crippen molar-refractivity contribution >= 4 is 5.82 Å². The van der Waals surface area contributed by atoms with Crippen LogP contribution in [0, 0.1) is 5.92 Å². The molecule has 4 nitrogen and oxygen atoms in total. The number of pyridine rings is 1. The average molecular weight is 238 g/mol. The van der Waals surface area contributed by atoms with Gasteiger partial charge >= 0.3 is 0 Å². The third kappa shape index (κ3) is 5.65. The number of anilines is 1. The second kappa shape index (κ2) is 8.03. The maximum absolute atomic E-state index is 5.54. The molecule has 0 aliphatic heterocycles. The Bertz CT molecular complexity index is 316. The minimum absolute atomic E-state index is 0.565. The van der Waals surface area contributed by atoms with Crippen molar-refractivity contribution < 1.29 is 9.47 Å². The van der Waals surface area contributed by atoms with Crippen molar-refractivity contribution in [1.82, 2.24) is 4.98 Å². The number of aromatic nitrogens is 1. The molecule has 96 valence electrons. The summed E-state index contributed by atoms with van der Waals surface area (Å²) in [5.74, 6) is 1.44. The molecule has 1 heterocycles. The van der Waals surface area contributed by atoms with Crippen molar-refractivity contribution in [3.63, 3.8) is 0 Å². The highest BCUT2D eigenvalue weighted by atomic mass is 16.5. The van der Waals surface area contributed by atoms with Crippen LogP contribution in [0.15, 0.2) is 18.3 Å². The van der Waals surface area contributed by atoms with Crippen LogP contribution in [0.3, 0.4) is 0 Å². The molecule has 0 aliphatic rings. The smallest absolute Gasteiger partial charge is 0.131 e. The first-order chi connectivity index (χ1) is 8.24. The number of nitrogens with one attached hydrogen (secondary N) is 1. The van der Waals surface area contributed by atoms with Crippen molar-refractivity contribution in [3.8, 4) is 0 Å². The van der Waals surface area contributed by atoms with Gasteiger partial charge in [0.05, 0.1) is 19.8 Å². The molecule has 0 unspecified atom stereocenters. The lowest BCUT2D eigenvalue weighted by Gasteiger charge is -2.09. The summed E-state index contributed by atoms with van der Waals surface area (Å²) >= 11 is 0. The highest BCUT2D eigenvalue weighted by Gasteiger charge is 2.01. The van der Waals surface area contributed by atoms with Crippen LogP contribution in [0.25, 0.3) is 0 Å². The van der Waals surface area contributed by atoms with Gasteiger partial charge in [-0.25, -0.2) is 4.98 Å². The molecule has 0 amide bonds.